The minimum Gasteiger partial charge on any atom is -0.468 e. The molecule has 0 bridgehead atoms. The molecule has 0 unspecified atom stereocenters. The van der Waals surface area contributed by atoms with Crippen LogP contribution in [0.15, 0.2) is 42.7 Å². The van der Waals surface area contributed by atoms with Crippen molar-refractivity contribution >= 4 is 6.09 Å². The first-order chi connectivity index (χ1) is 10.8. The van der Waals surface area contributed by atoms with Crippen molar-refractivity contribution in [2.45, 2.75) is 37.1 Å². The van der Waals surface area contributed by atoms with Crippen molar-refractivity contribution in [2.24, 2.45) is 0 Å². The third-order valence-corrected chi connectivity index (χ3v) is 4.64. The molecule has 5 nitrogen and oxygen atoms in total. The number of carbonyl (C=O) groups excluding carboxylic acids is 1. The molecule has 1 spiro atoms. The van der Waals surface area contributed by atoms with Gasteiger partial charge in [-0.1, -0.05) is 30.3 Å². The molecule has 3 atom stereocenters. The lowest BCUT2D eigenvalue weighted by Gasteiger charge is -2.41. The van der Waals surface area contributed by atoms with Crippen molar-refractivity contribution in [1.82, 2.24) is 4.90 Å². The molecule has 3 aliphatic rings. The van der Waals surface area contributed by atoms with Crippen molar-refractivity contribution in [3.05, 3.63) is 48.2 Å². The highest BCUT2D eigenvalue weighted by Crippen LogP contribution is 2.42. The number of hydrogen-bond donors (Lipinski definition) is 0. The van der Waals surface area contributed by atoms with E-state index in [0.717, 1.165) is 24.8 Å². The Morgan fingerprint density at radius 1 is 1.18 bits per heavy atom. The summed E-state index contributed by atoms with van der Waals surface area (Å²) in [5, 5.41) is 0. The third-order valence-electron chi connectivity index (χ3n) is 4.64. The molecule has 3 aliphatic heterocycles. The van der Waals surface area contributed by atoms with Gasteiger partial charge in [-0.05, 0) is 24.5 Å². The lowest BCUT2D eigenvalue weighted by Crippen LogP contribution is -2.54. The summed E-state index contributed by atoms with van der Waals surface area (Å²) >= 11 is 0. The van der Waals surface area contributed by atoms with Gasteiger partial charge in [0.15, 0.2) is 0 Å². The maximum Gasteiger partial charge on any atom is 0.411 e. The molecule has 2 fully saturated rings. The van der Waals surface area contributed by atoms with Crippen molar-refractivity contribution in [1.29, 1.82) is 0 Å². The highest BCUT2D eigenvalue weighted by Gasteiger charge is 2.53. The first-order valence-electron chi connectivity index (χ1n) is 7.79. The minimum absolute atomic E-state index is 0.104. The summed E-state index contributed by atoms with van der Waals surface area (Å²) < 4.78 is 17.1. The topological polar surface area (TPSA) is 48.0 Å². The van der Waals surface area contributed by atoms with Crippen LogP contribution in [0.1, 0.15) is 30.9 Å². The van der Waals surface area contributed by atoms with Crippen molar-refractivity contribution in [3.8, 4) is 0 Å². The molecule has 1 aromatic rings. The second-order valence-corrected chi connectivity index (χ2v) is 5.92. The second kappa shape index (κ2) is 5.32. The zero-order valence-corrected chi connectivity index (χ0v) is 12.3. The first-order valence-corrected chi connectivity index (χ1v) is 7.79. The first kappa shape index (κ1) is 13.6. The van der Waals surface area contributed by atoms with Gasteiger partial charge in [0, 0.05) is 6.42 Å². The average Bonchev–Trinajstić information content (AvgIpc) is 3.12. The Hall–Kier alpha value is -2.01. The normalized spacial score (nSPS) is 34.0. The van der Waals surface area contributed by atoms with E-state index in [9.17, 15) is 4.79 Å². The van der Waals surface area contributed by atoms with Crippen LogP contribution in [-0.4, -0.2) is 36.0 Å². The number of nitrogens with zero attached hydrogens (tertiary/aromatic N) is 1. The quantitative estimate of drug-likeness (QED) is 0.842. The molecule has 0 saturated carbocycles. The van der Waals surface area contributed by atoms with Crippen LogP contribution in [0, 0.1) is 0 Å². The van der Waals surface area contributed by atoms with E-state index in [1.165, 1.54) is 0 Å². The van der Waals surface area contributed by atoms with Crippen molar-refractivity contribution < 1.29 is 19.0 Å². The van der Waals surface area contributed by atoms with E-state index in [-0.39, 0.29) is 18.2 Å². The molecule has 0 aliphatic carbocycles. The van der Waals surface area contributed by atoms with Crippen LogP contribution in [0.5, 0.6) is 0 Å². The van der Waals surface area contributed by atoms with Crippen LogP contribution in [0.2, 0.25) is 0 Å². The fourth-order valence-corrected chi connectivity index (χ4v) is 3.54. The molecular weight excluding hydrogens is 282 g/mol. The predicted octanol–water partition coefficient (Wildman–Crippen LogP) is 2.99. The molecule has 0 radical (unpaired) electrons. The largest absolute Gasteiger partial charge is 0.468 e. The lowest BCUT2D eigenvalue weighted by molar-refractivity contribution is -0.238. The molecular formula is C17H19NO4. The van der Waals surface area contributed by atoms with E-state index in [4.69, 9.17) is 14.2 Å². The van der Waals surface area contributed by atoms with E-state index in [2.05, 4.69) is 0 Å². The van der Waals surface area contributed by atoms with Crippen LogP contribution in [-0.2, 0) is 14.2 Å². The molecule has 5 heteroatoms. The molecule has 2 saturated heterocycles. The average molecular weight is 301 g/mol. The molecule has 1 amide bonds. The standard InChI is InChI=1S/C17H19NO4/c19-16-18(14(12-20-16)13-6-2-1-3-7-13)15-8-11-22-17(15)9-4-5-10-21-17/h1-3,6-8,11,14-15H,4-5,9-10,12H2/t14-,15+,17+/m1/s1. The van der Waals surface area contributed by atoms with Crippen molar-refractivity contribution in [2.75, 3.05) is 13.2 Å². The summed E-state index contributed by atoms with van der Waals surface area (Å²) in [5.41, 5.74) is 1.07. The summed E-state index contributed by atoms with van der Waals surface area (Å²) in [6, 6.07) is 9.62. The molecule has 1 aromatic carbocycles. The predicted molar refractivity (Wildman–Crippen MR) is 78.9 cm³/mol. The smallest absolute Gasteiger partial charge is 0.411 e. The van der Waals surface area contributed by atoms with Gasteiger partial charge in [0.05, 0.1) is 18.9 Å². The van der Waals surface area contributed by atoms with Crippen LogP contribution < -0.4 is 0 Å². The Kier molecular flexibility index (Phi) is 3.30. The van der Waals surface area contributed by atoms with E-state index in [1.54, 1.807) is 11.2 Å². The number of ether oxygens (including phenoxy) is 3. The fraction of sp³-hybridized carbons (Fsp3) is 0.471. The van der Waals surface area contributed by atoms with Gasteiger partial charge in [-0.15, -0.1) is 0 Å². The molecule has 4 rings (SSSR count). The Labute approximate surface area is 129 Å². The number of amides is 1. The molecule has 22 heavy (non-hydrogen) atoms. The SMILES string of the molecule is O=C1OC[C@H](c2ccccc2)N1[C@H]1C=CO[C@@]12CCCCO2. The third kappa shape index (κ3) is 2.08. The molecule has 0 N–H and O–H groups in total. The second-order valence-electron chi connectivity index (χ2n) is 5.92. The van der Waals surface area contributed by atoms with Crippen LogP contribution in [0.4, 0.5) is 4.79 Å². The highest BCUT2D eigenvalue weighted by molar-refractivity contribution is 5.71. The van der Waals surface area contributed by atoms with Gasteiger partial charge in [0.2, 0.25) is 5.79 Å². The number of hydrogen-bond acceptors (Lipinski definition) is 4. The van der Waals surface area contributed by atoms with E-state index < -0.39 is 5.79 Å². The summed E-state index contributed by atoms with van der Waals surface area (Å²) in [6.45, 7) is 1.03. The zero-order valence-electron chi connectivity index (χ0n) is 12.3. The highest BCUT2D eigenvalue weighted by atomic mass is 16.7. The number of cyclic esters (lactones) is 1. The minimum atomic E-state index is -0.741. The fourth-order valence-electron chi connectivity index (χ4n) is 3.54. The molecule has 116 valence electrons. The Bertz CT molecular complexity index is 580. The van der Waals surface area contributed by atoms with Gasteiger partial charge in [-0.3, -0.25) is 4.90 Å². The lowest BCUT2D eigenvalue weighted by atomic mass is 9.95. The van der Waals surface area contributed by atoms with Gasteiger partial charge in [0.25, 0.3) is 0 Å². The zero-order chi connectivity index (χ0) is 15.0. The van der Waals surface area contributed by atoms with E-state index >= 15 is 0 Å². The van der Waals surface area contributed by atoms with E-state index in [1.807, 2.05) is 36.4 Å². The maximum atomic E-state index is 12.3. The Balaban J connectivity index is 1.66. The Morgan fingerprint density at radius 3 is 2.82 bits per heavy atom. The van der Waals surface area contributed by atoms with Crippen LogP contribution in [0.3, 0.4) is 0 Å². The summed E-state index contributed by atoms with van der Waals surface area (Å²) in [7, 11) is 0. The maximum absolute atomic E-state index is 12.3. The van der Waals surface area contributed by atoms with Gasteiger partial charge < -0.3 is 14.2 Å². The van der Waals surface area contributed by atoms with Crippen LogP contribution >= 0.6 is 0 Å². The molecule has 3 heterocycles. The van der Waals surface area contributed by atoms with Crippen molar-refractivity contribution in [3.63, 3.8) is 0 Å². The number of benzene rings is 1. The van der Waals surface area contributed by atoms with Gasteiger partial charge >= 0.3 is 6.09 Å². The van der Waals surface area contributed by atoms with E-state index in [0.29, 0.717) is 13.2 Å². The van der Waals surface area contributed by atoms with Crippen LogP contribution in [0.25, 0.3) is 0 Å². The van der Waals surface area contributed by atoms with Gasteiger partial charge in [-0.2, -0.15) is 0 Å². The van der Waals surface area contributed by atoms with Gasteiger partial charge in [-0.25, -0.2) is 4.79 Å². The monoisotopic (exact) mass is 301 g/mol. The molecule has 0 aromatic heterocycles. The summed E-state index contributed by atoms with van der Waals surface area (Å²) in [6.07, 6.45) is 6.12. The number of carbonyl (C=O) groups is 1. The Morgan fingerprint density at radius 2 is 2.05 bits per heavy atom. The van der Waals surface area contributed by atoms with Gasteiger partial charge in [0.1, 0.15) is 12.6 Å². The summed E-state index contributed by atoms with van der Waals surface area (Å²) in [5.74, 6) is -0.741. The number of rotatable bonds is 2. The summed E-state index contributed by atoms with van der Waals surface area (Å²) in [4.78, 5) is 14.1.